The van der Waals surface area contributed by atoms with E-state index in [-0.39, 0.29) is 0 Å². The molecule has 1 aliphatic carbocycles. The zero-order valence-electron chi connectivity index (χ0n) is 11.1. The first-order chi connectivity index (χ1) is 8.06. The average Bonchev–Trinajstić information content (AvgIpc) is 2.29. The van der Waals surface area contributed by atoms with Crippen molar-refractivity contribution < 1.29 is 9.90 Å². The Balaban J connectivity index is 2.18. The normalized spacial score (nSPS) is 34.5. The molecule has 0 aromatic heterocycles. The SMILES string of the molecule is CC1CCN(C2(C(=O)O)CCCCC2)C(C)C1. The first-order valence-electron chi connectivity index (χ1n) is 7.06. The van der Waals surface area contributed by atoms with E-state index in [0.29, 0.717) is 6.04 Å². The largest absolute Gasteiger partial charge is 0.480 e. The number of hydrogen-bond acceptors (Lipinski definition) is 2. The quantitative estimate of drug-likeness (QED) is 0.805. The second-order valence-corrected chi connectivity index (χ2v) is 6.07. The minimum atomic E-state index is -0.585. The van der Waals surface area contributed by atoms with E-state index in [1.807, 2.05) is 0 Å². The molecule has 2 unspecified atom stereocenters. The summed E-state index contributed by atoms with van der Waals surface area (Å²) in [5.41, 5.74) is -0.544. The van der Waals surface area contributed by atoms with E-state index in [1.165, 1.54) is 6.42 Å². The van der Waals surface area contributed by atoms with Crippen LogP contribution in [0.2, 0.25) is 0 Å². The number of hydrogen-bond donors (Lipinski definition) is 1. The van der Waals surface area contributed by atoms with E-state index < -0.39 is 11.5 Å². The molecule has 0 spiro atoms. The van der Waals surface area contributed by atoms with Gasteiger partial charge in [-0.15, -0.1) is 0 Å². The summed E-state index contributed by atoms with van der Waals surface area (Å²) in [7, 11) is 0. The van der Waals surface area contributed by atoms with Crippen molar-refractivity contribution in [1.29, 1.82) is 0 Å². The number of aliphatic carboxylic acids is 1. The second-order valence-electron chi connectivity index (χ2n) is 6.07. The van der Waals surface area contributed by atoms with Gasteiger partial charge in [-0.05, 0) is 45.1 Å². The van der Waals surface area contributed by atoms with Crippen LogP contribution in [0.25, 0.3) is 0 Å². The fourth-order valence-corrected chi connectivity index (χ4v) is 3.80. The van der Waals surface area contributed by atoms with E-state index >= 15 is 0 Å². The second kappa shape index (κ2) is 4.97. The Morgan fingerprint density at radius 3 is 2.41 bits per heavy atom. The fourth-order valence-electron chi connectivity index (χ4n) is 3.80. The lowest BCUT2D eigenvalue weighted by atomic mass is 9.77. The van der Waals surface area contributed by atoms with Gasteiger partial charge in [0.2, 0.25) is 0 Å². The third kappa shape index (κ3) is 2.35. The minimum absolute atomic E-state index is 0.424. The summed E-state index contributed by atoms with van der Waals surface area (Å²) in [6.07, 6.45) is 7.35. The highest BCUT2D eigenvalue weighted by Gasteiger charge is 2.47. The van der Waals surface area contributed by atoms with Crippen LogP contribution in [-0.2, 0) is 4.79 Å². The molecule has 1 saturated carbocycles. The van der Waals surface area contributed by atoms with Crippen LogP contribution in [0.15, 0.2) is 0 Å². The highest BCUT2D eigenvalue weighted by molar-refractivity contribution is 5.79. The molecule has 2 fully saturated rings. The van der Waals surface area contributed by atoms with Gasteiger partial charge in [-0.25, -0.2) is 0 Å². The lowest BCUT2D eigenvalue weighted by Gasteiger charge is -2.49. The summed E-state index contributed by atoms with van der Waals surface area (Å²) in [4.78, 5) is 14.1. The van der Waals surface area contributed by atoms with Crippen molar-refractivity contribution >= 4 is 5.97 Å². The summed E-state index contributed by atoms with van der Waals surface area (Å²) in [5, 5.41) is 9.68. The number of piperidine rings is 1. The van der Waals surface area contributed by atoms with Gasteiger partial charge in [-0.2, -0.15) is 0 Å². The molecule has 3 heteroatoms. The van der Waals surface area contributed by atoms with Crippen LogP contribution < -0.4 is 0 Å². The minimum Gasteiger partial charge on any atom is -0.480 e. The first kappa shape index (κ1) is 12.9. The Kier molecular flexibility index (Phi) is 3.76. The van der Waals surface area contributed by atoms with Crippen LogP contribution in [-0.4, -0.2) is 34.1 Å². The number of carboxylic acids is 1. The first-order valence-corrected chi connectivity index (χ1v) is 7.06. The predicted molar refractivity (Wildman–Crippen MR) is 68.0 cm³/mol. The van der Waals surface area contributed by atoms with Gasteiger partial charge in [-0.3, -0.25) is 9.69 Å². The van der Waals surface area contributed by atoms with E-state index in [4.69, 9.17) is 0 Å². The summed E-state index contributed by atoms with van der Waals surface area (Å²) >= 11 is 0. The fraction of sp³-hybridized carbons (Fsp3) is 0.929. The molecule has 0 aromatic carbocycles. The lowest BCUT2D eigenvalue weighted by molar-refractivity contribution is -0.158. The van der Waals surface area contributed by atoms with Crippen molar-refractivity contribution in [2.75, 3.05) is 6.54 Å². The van der Waals surface area contributed by atoms with Crippen LogP contribution >= 0.6 is 0 Å². The van der Waals surface area contributed by atoms with E-state index in [9.17, 15) is 9.90 Å². The van der Waals surface area contributed by atoms with Crippen LogP contribution in [0.3, 0.4) is 0 Å². The van der Waals surface area contributed by atoms with E-state index in [1.54, 1.807) is 0 Å². The Hall–Kier alpha value is -0.570. The van der Waals surface area contributed by atoms with Crippen LogP contribution in [0, 0.1) is 5.92 Å². The third-order valence-corrected chi connectivity index (χ3v) is 4.77. The van der Waals surface area contributed by atoms with E-state index in [2.05, 4.69) is 18.7 Å². The Bertz CT molecular complexity index is 284. The maximum absolute atomic E-state index is 11.8. The maximum Gasteiger partial charge on any atom is 0.324 e. The molecule has 3 nitrogen and oxygen atoms in total. The highest BCUT2D eigenvalue weighted by atomic mass is 16.4. The molecule has 0 radical (unpaired) electrons. The zero-order chi connectivity index (χ0) is 12.5. The topological polar surface area (TPSA) is 40.5 Å². The summed E-state index contributed by atoms with van der Waals surface area (Å²) in [6.45, 7) is 5.45. The molecule has 17 heavy (non-hydrogen) atoms. The van der Waals surface area contributed by atoms with Gasteiger partial charge in [-0.1, -0.05) is 26.2 Å². The molecule has 2 aliphatic rings. The van der Waals surface area contributed by atoms with Crippen LogP contribution in [0.4, 0.5) is 0 Å². The molecule has 1 N–H and O–H groups in total. The lowest BCUT2D eigenvalue weighted by Crippen LogP contribution is -2.60. The standard InChI is InChI=1S/C14H25NO2/c1-11-6-9-15(12(2)10-11)14(13(16)17)7-4-3-5-8-14/h11-12H,3-10H2,1-2H3,(H,16,17). The van der Waals surface area contributed by atoms with Gasteiger partial charge in [0.15, 0.2) is 0 Å². The summed E-state index contributed by atoms with van der Waals surface area (Å²) in [6, 6.07) is 0.424. The molecule has 0 amide bonds. The number of nitrogens with zero attached hydrogens (tertiary/aromatic N) is 1. The third-order valence-electron chi connectivity index (χ3n) is 4.77. The van der Waals surface area contributed by atoms with Gasteiger partial charge in [0.05, 0.1) is 0 Å². The summed E-state index contributed by atoms with van der Waals surface area (Å²) < 4.78 is 0. The van der Waals surface area contributed by atoms with Crippen molar-refractivity contribution in [3.63, 3.8) is 0 Å². The van der Waals surface area contributed by atoms with Crippen molar-refractivity contribution in [3.05, 3.63) is 0 Å². The zero-order valence-corrected chi connectivity index (χ0v) is 11.1. The van der Waals surface area contributed by atoms with E-state index in [0.717, 1.165) is 51.0 Å². The molecule has 1 saturated heterocycles. The van der Waals surface area contributed by atoms with Gasteiger partial charge in [0.1, 0.15) is 5.54 Å². The highest BCUT2D eigenvalue weighted by Crippen LogP contribution is 2.38. The maximum atomic E-state index is 11.8. The molecule has 1 heterocycles. The molecular weight excluding hydrogens is 214 g/mol. The monoisotopic (exact) mass is 239 g/mol. The van der Waals surface area contributed by atoms with Gasteiger partial charge < -0.3 is 5.11 Å². The van der Waals surface area contributed by atoms with Gasteiger partial charge in [0.25, 0.3) is 0 Å². The molecule has 1 aliphatic heterocycles. The number of rotatable bonds is 2. The van der Waals surface area contributed by atoms with Crippen molar-refractivity contribution in [2.45, 2.75) is 70.4 Å². The smallest absolute Gasteiger partial charge is 0.324 e. The predicted octanol–water partition coefficient (Wildman–Crippen LogP) is 2.89. The van der Waals surface area contributed by atoms with Gasteiger partial charge >= 0.3 is 5.97 Å². The molecular formula is C14H25NO2. The van der Waals surface area contributed by atoms with Crippen LogP contribution in [0.5, 0.6) is 0 Å². The molecule has 2 atom stereocenters. The Morgan fingerprint density at radius 2 is 1.88 bits per heavy atom. The van der Waals surface area contributed by atoms with Crippen molar-refractivity contribution in [1.82, 2.24) is 4.90 Å². The Labute approximate surface area is 104 Å². The average molecular weight is 239 g/mol. The molecule has 98 valence electrons. The number of likely N-dealkylation sites (tertiary alicyclic amines) is 1. The van der Waals surface area contributed by atoms with Crippen molar-refractivity contribution in [2.24, 2.45) is 5.92 Å². The van der Waals surface area contributed by atoms with Gasteiger partial charge in [0, 0.05) is 6.04 Å². The summed E-state index contributed by atoms with van der Waals surface area (Å²) in [5.74, 6) is 0.161. The molecule has 0 bridgehead atoms. The van der Waals surface area contributed by atoms with Crippen molar-refractivity contribution in [3.8, 4) is 0 Å². The molecule has 0 aromatic rings. The number of carbonyl (C=O) groups is 1. The van der Waals surface area contributed by atoms with Crippen LogP contribution in [0.1, 0.15) is 58.8 Å². The Morgan fingerprint density at radius 1 is 1.24 bits per heavy atom. The number of carboxylic acid groups (broad SMARTS) is 1. The molecule has 2 rings (SSSR count).